The van der Waals surface area contributed by atoms with Crippen molar-refractivity contribution in [3.63, 3.8) is 0 Å². The molecule has 1 N–H and O–H groups in total. The Morgan fingerprint density at radius 2 is 2.25 bits per heavy atom. The van der Waals surface area contributed by atoms with Gasteiger partial charge in [-0.15, -0.1) is 0 Å². The minimum absolute atomic E-state index is 0.329. The van der Waals surface area contributed by atoms with Gasteiger partial charge in [-0.25, -0.2) is 4.39 Å². The maximum absolute atomic E-state index is 12.7. The zero-order chi connectivity index (χ0) is 9.14. The molecule has 1 rings (SSSR count). The fraction of sp³-hybridized carbons (Fsp3) is 0.125. The molecule has 0 aliphatic rings. The van der Waals surface area contributed by atoms with Crippen LogP contribution in [-0.4, -0.2) is 10.9 Å². The fourth-order valence-electron chi connectivity index (χ4n) is 0.779. The number of benzene rings is 1. The summed E-state index contributed by atoms with van der Waals surface area (Å²) in [6, 6.07) is 4.42. The molecule has 1 aromatic rings. The van der Waals surface area contributed by atoms with Crippen LogP contribution in [0.2, 0.25) is 0 Å². The first-order valence-corrected chi connectivity index (χ1v) is 4.08. The summed E-state index contributed by atoms with van der Waals surface area (Å²) in [6.07, 6.45) is 0. The van der Waals surface area contributed by atoms with Crippen LogP contribution >= 0.6 is 15.9 Å². The largest absolute Gasteiger partial charge is 0.411 e. The van der Waals surface area contributed by atoms with Crippen molar-refractivity contribution >= 4 is 21.6 Å². The molecule has 0 aliphatic carbocycles. The third-order valence-electron chi connectivity index (χ3n) is 1.49. The maximum Gasteiger partial charge on any atom is 0.137 e. The van der Waals surface area contributed by atoms with Gasteiger partial charge in [0.25, 0.3) is 0 Å². The van der Waals surface area contributed by atoms with Gasteiger partial charge in [0.1, 0.15) is 5.82 Å². The average molecular weight is 232 g/mol. The van der Waals surface area contributed by atoms with E-state index in [-0.39, 0.29) is 5.82 Å². The first-order chi connectivity index (χ1) is 5.65. The molecule has 0 atom stereocenters. The molecule has 0 aliphatic heterocycles. The van der Waals surface area contributed by atoms with Crippen LogP contribution < -0.4 is 0 Å². The number of halogens is 2. The standard InChI is InChI=1S/C8H7BrFNO/c1-5(11-12)6-2-3-8(10)7(9)4-6/h2-4,12H,1H3/b11-5+. The van der Waals surface area contributed by atoms with E-state index in [4.69, 9.17) is 5.21 Å². The molecule has 0 saturated carbocycles. The molecule has 0 heterocycles. The minimum Gasteiger partial charge on any atom is -0.411 e. The number of hydrogen-bond acceptors (Lipinski definition) is 2. The maximum atomic E-state index is 12.7. The Labute approximate surface area is 77.8 Å². The molecule has 0 unspecified atom stereocenters. The van der Waals surface area contributed by atoms with E-state index >= 15 is 0 Å². The van der Waals surface area contributed by atoms with Gasteiger partial charge in [0.05, 0.1) is 10.2 Å². The van der Waals surface area contributed by atoms with Crippen LogP contribution in [0.4, 0.5) is 4.39 Å². The van der Waals surface area contributed by atoms with Gasteiger partial charge >= 0.3 is 0 Å². The average Bonchev–Trinajstić information content (AvgIpc) is 2.08. The molecule has 0 radical (unpaired) electrons. The van der Waals surface area contributed by atoms with Gasteiger partial charge in [-0.05, 0) is 35.0 Å². The molecule has 4 heteroatoms. The Balaban J connectivity index is 3.13. The van der Waals surface area contributed by atoms with Crippen LogP contribution in [0.15, 0.2) is 27.8 Å². The summed E-state index contributed by atoms with van der Waals surface area (Å²) >= 11 is 3.03. The van der Waals surface area contributed by atoms with Gasteiger partial charge in [-0.3, -0.25) is 0 Å². The van der Waals surface area contributed by atoms with E-state index in [0.717, 1.165) is 0 Å². The quantitative estimate of drug-likeness (QED) is 0.450. The molecule has 0 saturated heterocycles. The fourth-order valence-corrected chi connectivity index (χ4v) is 1.16. The van der Waals surface area contributed by atoms with Gasteiger partial charge in [-0.1, -0.05) is 11.2 Å². The monoisotopic (exact) mass is 231 g/mol. The highest BCUT2D eigenvalue weighted by Crippen LogP contribution is 2.17. The van der Waals surface area contributed by atoms with Crippen LogP contribution in [0.25, 0.3) is 0 Å². The Hall–Kier alpha value is -0.900. The normalized spacial score (nSPS) is 11.8. The molecule has 0 aromatic heterocycles. The second-order valence-electron chi connectivity index (χ2n) is 2.31. The van der Waals surface area contributed by atoms with Crippen molar-refractivity contribution < 1.29 is 9.60 Å². The highest BCUT2D eigenvalue weighted by atomic mass is 79.9. The number of rotatable bonds is 1. The third-order valence-corrected chi connectivity index (χ3v) is 2.10. The second-order valence-corrected chi connectivity index (χ2v) is 3.17. The summed E-state index contributed by atoms with van der Waals surface area (Å²) in [5, 5.41) is 11.4. The van der Waals surface area contributed by atoms with Crippen LogP contribution in [0.5, 0.6) is 0 Å². The summed E-state index contributed by atoms with van der Waals surface area (Å²) in [7, 11) is 0. The zero-order valence-corrected chi connectivity index (χ0v) is 7.97. The van der Waals surface area contributed by atoms with E-state index in [9.17, 15) is 4.39 Å². The topological polar surface area (TPSA) is 32.6 Å². The molecular weight excluding hydrogens is 225 g/mol. The van der Waals surface area contributed by atoms with E-state index in [0.29, 0.717) is 15.7 Å². The number of oxime groups is 1. The summed E-state index contributed by atoms with van der Waals surface area (Å²) in [5.41, 5.74) is 1.14. The summed E-state index contributed by atoms with van der Waals surface area (Å²) in [5.74, 6) is -0.329. The van der Waals surface area contributed by atoms with E-state index < -0.39 is 0 Å². The Kier molecular flexibility index (Phi) is 2.81. The smallest absolute Gasteiger partial charge is 0.137 e. The predicted octanol–water partition coefficient (Wildman–Crippen LogP) is 2.79. The summed E-state index contributed by atoms with van der Waals surface area (Å²) < 4.78 is 13.1. The van der Waals surface area contributed by atoms with Crippen LogP contribution in [-0.2, 0) is 0 Å². The van der Waals surface area contributed by atoms with Crippen molar-refractivity contribution in [1.29, 1.82) is 0 Å². The SMILES string of the molecule is C/C(=N\O)c1ccc(F)c(Br)c1. The molecule has 0 amide bonds. The van der Waals surface area contributed by atoms with Gasteiger partial charge in [-0.2, -0.15) is 0 Å². The predicted molar refractivity (Wildman–Crippen MR) is 48.1 cm³/mol. The molecule has 0 bridgehead atoms. The van der Waals surface area contributed by atoms with Gasteiger partial charge < -0.3 is 5.21 Å². The van der Waals surface area contributed by atoms with Gasteiger partial charge in [0.15, 0.2) is 0 Å². The van der Waals surface area contributed by atoms with E-state index in [1.165, 1.54) is 6.07 Å². The molecule has 0 fully saturated rings. The highest BCUT2D eigenvalue weighted by molar-refractivity contribution is 9.10. The number of hydrogen-bond donors (Lipinski definition) is 1. The summed E-state index contributed by atoms with van der Waals surface area (Å²) in [6.45, 7) is 1.64. The molecule has 2 nitrogen and oxygen atoms in total. The molecule has 0 spiro atoms. The van der Waals surface area contributed by atoms with Crippen LogP contribution in [0, 0.1) is 5.82 Å². The van der Waals surface area contributed by atoms with Gasteiger partial charge in [0, 0.05) is 5.56 Å². The first kappa shape index (κ1) is 9.19. The lowest BCUT2D eigenvalue weighted by Crippen LogP contribution is -1.94. The van der Waals surface area contributed by atoms with Crippen LogP contribution in [0.3, 0.4) is 0 Å². The van der Waals surface area contributed by atoms with E-state index in [1.807, 2.05) is 0 Å². The van der Waals surface area contributed by atoms with Crippen molar-refractivity contribution in [3.05, 3.63) is 34.1 Å². The molecule has 64 valence electrons. The summed E-state index contributed by atoms with van der Waals surface area (Å²) in [4.78, 5) is 0. The van der Waals surface area contributed by atoms with Crippen LogP contribution in [0.1, 0.15) is 12.5 Å². The highest BCUT2D eigenvalue weighted by Gasteiger charge is 2.02. The second kappa shape index (κ2) is 3.67. The minimum atomic E-state index is -0.329. The lowest BCUT2D eigenvalue weighted by Gasteiger charge is -1.99. The van der Waals surface area contributed by atoms with Crippen molar-refractivity contribution in [1.82, 2.24) is 0 Å². The van der Waals surface area contributed by atoms with E-state index in [2.05, 4.69) is 21.1 Å². The van der Waals surface area contributed by atoms with Crippen molar-refractivity contribution in [2.24, 2.45) is 5.16 Å². The van der Waals surface area contributed by atoms with Gasteiger partial charge in [0.2, 0.25) is 0 Å². The van der Waals surface area contributed by atoms with Crippen molar-refractivity contribution in [2.45, 2.75) is 6.92 Å². The molecule has 1 aromatic carbocycles. The van der Waals surface area contributed by atoms with Crippen molar-refractivity contribution in [2.75, 3.05) is 0 Å². The lowest BCUT2D eigenvalue weighted by atomic mass is 10.1. The Morgan fingerprint density at radius 3 is 2.75 bits per heavy atom. The lowest BCUT2D eigenvalue weighted by molar-refractivity contribution is 0.319. The zero-order valence-electron chi connectivity index (χ0n) is 6.38. The Morgan fingerprint density at radius 1 is 1.58 bits per heavy atom. The molecular formula is C8H7BrFNO. The van der Waals surface area contributed by atoms with Crippen molar-refractivity contribution in [3.8, 4) is 0 Å². The Bertz CT molecular complexity index is 325. The van der Waals surface area contributed by atoms with E-state index in [1.54, 1.807) is 19.1 Å². The third kappa shape index (κ3) is 1.82. The molecule has 12 heavy (non-hydrogen) atoms. The number of nitrogens with zero attached hydrogens (tertiary/aromatic N) is 1. The first-order valence-electron chi connectivity index (χ1n) is 3.29.